The molecule has 2 aliphatic heterocycles. The highest BCUT2D eigenvalue weighted by atomic mass is 16.5. The van der Waals surface area contributed by atoms with Crippen LogP contribution in [-0.2, 0) is 9.53 Å². The van der Waals surface area contributed by atoms with E-state index in [4.69, 9.17) is 13.9 Å². The third kappa shape index (κ3) is 5.91. The van der Waals surface area contributed by atoms with Gasteiger partial charge in [-0.15, -0.1) is 10.2 Å². The smallest absolute Gasteiger partial charge is 0.290 e. The number of rotatable bonds is 8. The van der Waals surface area contributed by atoms with E-state index in [0.29, 0.717) is 39.3 Å². The first-order valence-electron chi connectivity index (χ1n) is 12.6. The van der Waals surface area contributed by atoms with Gasteiger partial charge in [-0.05, 0) is 49.2 Å². The van der Waals surface area contributed by atoms with Crippen molar-refractivity contribution in [3.8, 4) is 17.0 Å². The van der Waals surface area contributed by atoms with E-state index in [1.54, 1.807) is 29.0 Å². The highest BCUT2D eigenvalue weighted by Gasteiger charge is 2.29. The zero-order chi connectivity index (χ0) is 25.6. The van der Waals surface area contributed by atoms with Gasteiger partial charge in [-0.3, -0.25) is 9.59 Å². The van der Waals surface area contributed by atoms with Crippen LogP contribution in [0.1, 0.15) is 23.4 Å². The van der Waals surface area contributed by atoms with E-state index in [2.05, 4.69) is 15.1 Å². The van der Waals surface area contributed by atoms with Gasteiger partial charge in [-0.1, -0.05) is 12.1 Å². The molecule has 2 amide bonds. The van der Waals surface area contributed by atoms with Crippen LogP contribution in [0.25, 0.3) is 11.3 Å². The maximum absolute atomic E-state index is 13.2. The second-order valence-electron chi connectivity index (χ2n) is 9.17. The van der Waals surface area contributed by atoms with Gasteiger partial charge in [-0.2, -0.15) is 0 Å². The Balaban J connectivity index is 1.18. The van der Waals surface area contributed by atoms with E-state index >= 15 is 0 Å². The summed E-state index contributed by atoms with van der Waals surface area (Å²) >= 11 is 0. The van der Waals surface area contributed by atoms with Crippen molar-refractivity contribution in [2.24, 2.45) is 0 Å². The van der Waals surface area contributed by atoms with E-state index in [0.717, 1.165) is 35.7 Å². The molecule has 2 aromatic heterocycles. The van der Waals surface area contributed by atoms with Crippen LogP contribution in [0.3, 0.4) is 0 Å². The molecule has 0 radical (unpaired) electrons. The average Bonchev–Trinajstić information content (AvgIpc) is 3.67. The number of nitrogens with zero attached hydrogens (tertiary/aromatic N) is 5. The highest BCUT2D eigenvalue weighted by Crippen LogP contribution is 2.23. The lowest BCUT2D eigenvalue weighted by atomic mass is 10.1. The molecule has 10 nitrogen and oxygen atoms in total. The minimum Gasteiger partial charge on any atom is -0.497 e. The molecule has 3 aromatic rings. The molecule has 5 rings (SSSR count). The van der Waals surface area contributed by atoms with Crippen LogP contribution < -0.4 is 9.64 Å². The Labute approximate surface area is 215 Å². The third-order valence-corrected chi connectivity index (χ3v) is 6.77. The van der Waals surface area contributed by atoms with Crippen molar-refractivity contribution in [3.63, 3.8) is 0 Å². The van der Waals surface area contributed by atoms with Crippen LogP contribution in [0.5, 0.6) is 5.75 Å². The van der Waals surface area contributed by atoms with Gasteiger partial charge in [0.15, 0.2) is 11.6 Å². The molecular formula is C27H31N5O5. The fourth-order valence-electron chi connectivity index (χ4n) is 4.69. The molecule has 194 valence electrons. The number of amides is 2. The quantitative estimate of drug-likeness (QED) is 0.461. The number of hydrogen-bond donors (Lipinski definition) is 0. The van der Waals surface area contributed by atoms with Gasteiger partial charge in [0.2, 0.25) is 5.91 Å². The second-order valence-corrected chi connectivity index (χ2v) is 9.17. The Hall–Kier alpha value is -3.92. The normalized spacial score (nSPS) is 17.6. The molecule has 10 heteroatoms. The van der Waals surface area contributed by atoms with Crippen LogP contribution in [0, 0.1) is 0 Å². The molecule has 2 aliphatic rings. The Kier molecular flexibility index (Phi) is 7.65. The molecule has 0 aliphatic carbocycles. The van der Waals surface area contributed by atoms with Crippen LogP contribution >= 0.6 is 0 Å². The molecule has 2 fully saturated rings. The standard InChI is InChI=1S/C27H31N5O5/c1-35-21-6-2-5-20(17-21)23-9-10-25(29-28-23)30-11-13-31(14-12-30)26(33)19-32(18-22-7-3-15-36-22)27(34)24-8-4-16-37-24/h2,4-6,8-10,16-17,22H,3,7,11-15,18-19H2,1H3/t22-/m0/s1. The van der Waals surface area contributed by atoms with Gasteiger partial charge >= 0.3 is 0 Å². The summed E-state index contributed by atoms with van der Waals surface area (Å²) in [7, 11) is 1.64. The maximum atomic E-state index is 13.2. The summed E-state index contributed by atoms with van der Waals surface area (Å²) in [5.41, 5.74) is 1.70. The topological polar surface area (TPSA) is 101 Å². The van der Waals surface area contributed by atoms with Crippen molar-refractivity contribution < 1.29 is 23.5 Å². The van der Waals surface area contributed by atoms with E-state index in [1.807, 2.05) is 36.4 Å². The number of benzene rings is 1. The minimum absolute atomic E-state index is 0.00552. The summed E-state index contributed by atoms with van der Waals surface area (Å²) in [6, 6.07) is 14.9. The number of furan rings is 1. The van der Waals surface area contributed by atoms with Crippen LogP contribution in [-0.4, -0.2) is 90.9 Å². The van der Waals surface area contributed by atoms with Crippen molar-refractivity contribution in [2.45, 2.75) is 18.9 Å². The summed E-state index contributed by atoms with van der Waals surface area (Å²) < 4.78 is 16.3. The molecule has 0 N–H and O–H groups in total. The molecule has 0 spiro atoms. The molecule has 0 saturated carbocycles. The molecular weight excluding hydrogens is 474 g/mol. The molecule has 0 bridgehead atoms. The van der Waals surface area contributed by atoms with Gasteiger partial charge in [0.1, 0.15) is 12.3 Å². The average molecular weight is 506 g/mol. The second kappa shape index (κ2) is 11.4. The van der Waals surface area contributed by atoms with Crippen molar-refractivity contribution >= 4 is 17.6 Å². The zero-order valence-electron chi connectivity index (χ0n) is 20.9. The number of hydrogen-bond acceptors (Lipinski definition) is 8. The summed E-state index contributed by atoms with van der Waals surface area (Å²) in [5, 5.41) is 8.81. The summed E-state index contributed by atoms with van der Waals surface area (Å²) in [4.78, 5) is 31.6. The number of carbonyl (C=O) groups is 2. The van der Waals surface area contributed by atoms with Crippen molar-refractivity contribution in [1.29, 1.82) is 0 Å². The van der Waals surface area contributed by atoms with Crippen molar-refractivity contribution in [2.75, 3.05) is 57.9 Å². The Bertz CT molecular complexity index is 1190. The maximum Gasteiger partial charge on any atom is 0.290 e. The zero-order valence-corrected chi connectivity index (χ0v) is 20.9. The molecule has 1 aromatic carbocycles. The third-order valence-electron chi connectivity index (χ3n) is 6.77. The molecule has 1 atom stereocenters. The SMILES string of the molecule is COc1cccc(-c2ccc(N3CCN(C(=O)CN(C[C@@H]4CCCO4)C(=O)c4ccco4)CC3)nn2)c1. The van der Waals surface area contributed by atoms with Gasteiger partial charge in [0.05, 0.1) is 25.2 Å². The number of piperazine rings is 1. The number of anilines is 1. The predicted molar refractivity (Wildman–Crippen MR) is 136 cm³/mol. The van der Waals surface area contributed by atoms with Gasteiger partial charge < -0.3 is 28.6 Å². The predicted octanol–water partition coefficient (Wildman–Crippen LogP) is 2.72. The molecule has 0 unspecified atom stereocenters. The van der Waals surface area contributed by atoms with E-state index in [1.165, 1.54) is 6.26 Å². The Morgan fingerprint density at radius 2 is 1.95 bits per heavy atom. The minimum atomic E-state index is -0.293. The summed E-state index contributed by atoms with van der Waals surface area (Å²) in [5.74, 6) is 1.39. The fourth-order valence-corrected chi connectivity index (χ4v) is 4.69. The lowest BCUT2D eigenvalue weighted by Gasteiger charge is -2.36. The van der Waals surface area contributed by atoms with Crippen LogP contribution in [0.2, 0.25) is 0 Å². The van der Waals surface area contributed by atoms with E-state index in [9.17, 15) is 9.59 Å². The fraction of sp³-hybridized carbons (Fsp3) is 0.407. The number of aromatic nitrogens is 2. The molecule has 37 heavy (non-hydrogen) atoms. The monoisotopic (exact) mass is 505 g/mol. The Morgan fingerprint density at radius 3 is 2.62 bits per heavy atom. The first kappa shape index (κ1) is 24.8. The summed E-state index contributed by atoms with van der Waals surface area (Å²) in [6.45, 7) is 3.41. The lowest BCUT2D eigenvalue weighted by Crippen LogP contribution is -2.52. The number of carbonyl (C=O) groups excluding carboxylic acids is 2. The van der Waals surface area contributed by atoms with E-state index in [-0.39, 0.29) is 30.2 Å². The van der Waals surface area contributed by atoms with Crippen molar-refractivity contribution in [1.82, 2.24) is 20.0 Å². The van der Waals surface area contributed by atoms with Crippen LogP contribution in [0.15, 0.2) is 59.2 Å². The summed E-state index contributed by atoms with van der Waals surface area (Å²) in [6.07, 6.45) is 3.26. The van der Waals surface area contributed by atoms with Crippen molar-refractivity contribution in [3.05, 3.63) is 60.6 Å². The molecule has 2 saturated heterocycles. The van der Waals surface area contributed by atoms with Gasteiger partial charge in [0, 0.05) is 44.9 Å². The molecule has 4 heterocycles. The van der Waals surface area contributed by atoms with Gasteiger partial charge in [-0.25, -0.2) is 0 Å². The number of methoxy groups -OCH3 is 1. The first-order chi connectivity index (χ1) is 18.1. The Morgan fingerprint density at radius 1 is 1.08 bits per heavy atom. The lowest BCUT2D eigenvalue weighted by molar-refractivity contribution is -0.132. The van der Waals surface area contributed by atoms with Crippen LogP contribution in [0.4, 0.5) is 5.82 Å². The highest BCUT2D eigenvalue weighted by molar-refractivity contribution is 5.94. The van der Waals surface area contributed by atoms with Gasteiger partial charge in [0.25, 0.3) is 5.91 Å². The number of ether oxygens (including phenoxy) is 2. The largest absolute Gasteiger partial charge is 0.497 e. The van der Waals surface area contributed by atoms with E-state index < -0.39 is 0 Å². The first-order valence-corrected chi connectivity index (χ1v) is 12.6.